The largest absolute Gasteiger partial charge is 0.429 e. The third kappa shape index (κ3) is 4.20. The van der Waals surface area contributed by atoms with Gasteiger partial charge in [-0.25, -0.2) is 9.78 Å². The molecule has 1 aliphatic heterocycles. The highest BCUT2D eigenvalue weighted by Gasteiger charge is 2.65. The summed E-state index contributed by atoms with van der Waals surface area (Å²) in [6, 6.07) is 25.2. The van der Waals surface area contributed by atoms with Crippen LogP contribution in [0.1, 0.15) is 22.4 Å². The number of nitrogens with one attached hydrogen (secondary N) is 1. The molecule has 5 nitrogen and oxygen atoms in total. The monoisotopic (exact) mass is 486 g/mol. The lowest BCUT2D eigenvalue weighted by molar-refractivity contribution is -0.209. The van der Waals surface area contributed by atoms with Crippen LogP contribution >= 0.6 is 0 Å². The minimum absolute atomic E-state index is 0.0205. The lowest BCUT2D eigenvalue weighted by atomic mass is 9.89. The molecule has 0 saturated heterocycles. The van der Waals surface area contributed by atoms with E-state index in [-0.39, 0.29) is 24.6 Å². The molecule has 1 aliphatic rings. The number of carbonyl (C=O) groups excluding carboxylic acids is 1. The van der Waals surface area contributed by atoms with Crippen molar-refractivity contribution in [2.45, 2.75) is 24.8 Å². The van der Waals surface area contributed by atoms with E-state index >= 15 is 13.2 Å². The second-order valence-corrected chi connectivity index (χ2v) is 8.38. The zero-order valence-electron chi connectivity index (χ0n) is 19.0. The summed E-state index contributed by atoms with van der Waals surface area (Å²) in [7, 11) is 0. The average molecular weight is 486 g/mol. The molecule has 0 spiro atoms. The van der Waals surface area contributed by atoms with Gasteiger partial charge in [-0.05, 0) is 23.3 Å². The second kappa shape index (κ2) is 9.27. The maximum absolute atomic E-state index is 15.2. The van der Waals surface area contributed by atoms with E-state index in [2.05, 4.69) is 22.1 Å². The van der Waals surface area contributed by atoms with Crippen LogP contribution in [0.25, 0.3) is 0 Å². The topological polar surface area (TPSA) is 50.2 Å². The predicted octanol–water partition coefficient (Wildman–Crippen LogP) is 5.79. The third-order valence-electron chi connectivity index (χ3n) is 6.01. The van der Waals surface area contributed by atoms with Crippen LogP contribution < -0.4 is 5.32 Å². The summed E-state index contributed by atoms with van der Waals surface area (Å²) in [4.78, 5) is 18.3. The van der Waals surface area contributed by atoms with Crippen molar-refractivity contribution in [1.29, 1.82) is 0 Å². The fourth-order valence-electron chi connectivity index (χ4n) is 4.25. The Bertz CT molecular complexity index is 1420. The van der Waals surface area contributed by atoms with Crippen molar-refractivity contribution in [2.24, 2.45) is 0 Å². The Labute approximate surface area is 206 Å². The zero-order valence-corrected chi connectivity index (χ0v) is 19.0. The number of urea groups is 1. The lowest BCUT2D eigenvalue weighted by Gasteiger charge is -2.43. The molecule has 5 rings (SSSR count). The van der Waals surface area contributed by atoms with E-state index in [0.29, 0.717) is 11.1 Å². The molecule has 0 bridgehead atoms. The predicted molar refractivity (Wildman–Crippen MR) is 130 cm³/mol. The van der Waals surface area contributed by atoms with E-state index in [1.54, 1.807) is 60.7 Å². The van der Waals surface area contributed by atoms with Crippen LogP contribution in [0.3, 0.4) is 0 Å². The lowest BCUT2D eigenvalue weighted by Crippen LogP contribution is -2.61. The van der Waals surface area contributed by atoms with Crippen molar-refractivity contribution >= 4 is 11.8 Å². The number of carbonyl (C=O) groups is 1. The highest BCUT2D eigenvalue weighted by atomic mass is 19.4. The SMILES string of the molecule is O=C1Nc2c(ncn2Cc2ccccc2)C(C#Cc2ccccc2)(C(F)(F)F)N1Cc1ccccc1. The number of nitrogens with zero attached hydrogens (tertiary/aromatic N) is 3. The average Bonchev–Trinajstić information content (AvgIpc) is 3.27. The fraction of sp³-hybridized carbons (Fsp3) is 0.143. The fourth-order valence-corrected chi connectivity index (χ4v) is 4.25. The molecule has 0 radical (unpaired) electrons. The number of alkyl halides is 3. The molecular weight excluding hydrogens is 465 g/mol. The highest BCUT2D eigenvalue weighted by Crippen LogP contribution is 2.49. The summed E-state index contributed by atoms with van der Waals surface area (Å²) in [5.41, 5.74) is -1.53. The quantitative estimate of drug-likeness (QED) is 0.372. The molecule has 0 fully saturated rings. The van der Waals surface area contributed by atoms with Gasteiger partial charge in [0.2, 0.25) is 5.54 Å². The summed E-state index contributed by atoms with van der Waals surface area (Å²) < 4.78 is 47.0. The summed E-state index contributed by atoms with van der Waals surface area (Å²) in [5, 5.41) is 2.64. The number of imidazole rings is 1. The van der Waals surface area contributed by atoms with E-state index in [9.17, 15) is 4.79 Å². The molecule has 1 unspecified atom stereocenters. The number of benzene rings is 3. The molecule has 2 heterocycles. The van der Waals surface area contributed by atoms with Gasteiger partial charge in [0, 0.05) is 12.1 Å². The van der Waals surface area contributed by atoms with Crippen LogP contribution in [0.2, 0.25) is 0 Å². The van der Waals surface area contributed by atoms with Gasteiger partial charge in [0.15, 0.2) is 0 Å². The van der Waals surface area contributed by atoms with Gasteiger partial charge >= 0.3 is 12.2 Å². The summed E-state index contributed by atoms with van der Waals surface area (Å²) >= 11 is 0. The van der Waals surface area contributed by atoms with Gasteiger partial charge < -0.3 is 4.57 Å². The first-order valence-corrected chi connectivity index (χ1v) is 11.3. The van der Waals surface area contributed by atoms with E-state index in [1.165, 1.54) is 10.9 Å². The minimum atomic E-state index is -4.94. The number of hydrogen-bond acceptors (Lipinski definition) is 2. The highest BCUT2D eigenvalue weighted by molar-refractivity contribution is 5.93. The molecule has 36 heavy (non-hydrogen) atoms. The van der Waals surface area contributed by atoms with Crippen LogP contribution in [0.4, 0.5) is 23.8 Å². The van der Waals surface area contributed by atoms with Crippen LogP contribution in [0.15, 0.2) is 97.3 Å². The molecule has 4 aromatic rings. The van der Waals surface area contributed by atoms with E-state index in [0.717, 1.165) is 10.5 Å². The smallest absolute Gasteiger partial charge is 0.312 e. The molecule has 2 amide bonds. The Morgan fingerprint density at radius 1 is 0.833 bits per heavy atom. The van der Waals surface area contributed by atoms with Gasteiger partial charge in [-0.1, -0.05) is 90.7 Å². The maximum Gasteiger partial charge on any atom is 0.429 e. The van der Waals surface area contributed by atoms with E-state index in [4.69, 9.17) is 0 Å². The molecule has 180 valence electrons. The maximum atomic E-state index is 15.2. The van der Waals surface area contributed by atoms with Gasteiger partial charge in [0.05, 0.1) is 12.9 Å². The van der Waals surface area contributed by atoms with Crippen LogP contribution in [-0.2, 0) is 18.6 Å². The molecular formula is C28H21F3N4O. The molecule has 3 aromatic carbocycles. The van der Waals surface area contributed by atoms with E-state index in [1.807, 2.05) is 30.3 Å². The van der Waals surface area contributed by atoms with Crippen LogP contribution in [-0.4, -0.2) is 26.7 Å². The van der Waals surface area contributed by atoms with Crippen molar-refractivity contribution in [3.8, 4) is 11.8 Å². The molecule has 8 heteroatoms. The number of rotatable bonds is 4. The van der Waals surface area contributed by atoms with Crippen molar-refractivity contribution in [3.63, 3.8) is 0 Å². The van der Waals surface area contributed by atoms with Crippen molar-refractivity contribution in [3.05, 3.63) is 120 Å². The number of aromatic nitrogens is 2. The van der Waals surface area contributed by atoms with Gasteiger partial charge in [0.1, 0.15) is 11.5 Å². The Kier molecular flexibility index (Phi) is 5.98. The number of anilines is 1. The minimum Gasteiger partial charge on any atom is -0.312 e. The molecule has 0 saturated carbocycles. The Balaban J connectivity index is 1.69. The summed E-state index contributed by atoms with van der Waals surface area (Å²) in [6.07, 6.45) is -3.63. The van der Waals surface area contributed by atoms with Gasteiger partial charge in [-0.2, -0.15) is 13.2 Å². The zero-order chi connectivity index (χ0) is 25.2. The number of hydrogen-bond donors (Lipinski definition) is 1. The van der Waals surface area contributed by atoms with Gasteiger partial charge in [-0.15, -0.1) is 0 Å². The van der Waals surface area contributed by atoms with Crippen molar-refractivity contribution in [1.82, 2.24) is 14.5 Å². The van der Waals surface area contributed by atoms with Crippen LogP contribution in [0.5, 0.6) is 0 Å². The first-order chi connectivity index (χ1) is 17.4. The van der Waals surface area contributed by atoms with E-state index < -0.39 is 17.7 Å². The first kappa shape index (κ1) is 23.2. The van der Waals surface area contributed by atoms with Crippen LogP contribution in [0, 0.1) is 11.8 Å². The van der Waals surface area contributed by atoms with Crippen molar-refractivity contribution in [2.75, 3.05) is 5.32 Å². The number of halogens is 3. The van der Waals surface area contributed by atoms with Crippen molar-refractivity contribution < 1.29 is 18.0 Å². The Morgan fingerprint density at radius 2 is 1.39 bits per heavy atom. The Morgan fingerprint density at radius 3 is 1.97 bits per heavy atom. The molecule has 1 aromatic heterocycles. The standard InChI is InChI=1S/C28H21F3N4O/c29-28(30,31)27(17-16-21-10-4-1-5-11-21)24-25(34(20-32-24)18-22-12-6-2-7-13-22)33-26(36)35(27)19-23-14-8-3-9-15-23/h1-15,20H,18-19H2,(H,33,36). The van der Waals surface area contributed by atoms with Gasteiger partial charge in [0.25, 0.3) is 0 Å². The normalized spacial score (nSPS) is 17.1. The molecule has 1 N–H and O–H groups in total. The number of fused-ring (bicyclic) bond motifs is 1. The summed E-state index contributed by atoms with van der Waals surface area (Å²) in [6.45, 7) is -0.0666. The first-order valence-electron chi connectivity index (χ1n) is 11.3. The molecule has 1 atom stereocenters. The second-order valence-electron chi connectivity index (χ2n) is 8.38. The Hall–Kier alpha value is -4.51. The molecule has 0 aliphatic carbocycles. The summed E-state index contributed by atoms with van der Waals surface area (Å²) in [5.74, 6) is 5.08. The van der Waals surface area contributed by atoms with Gasteiger partial charge in [-0.3, -0.25) is 10.2 Å². The third-order valence-corrected chi connectivity index (χ3v) is 6.01. The number of amides is 2.